The van der Waals surface area contributed by atoms with Crippen molar-refractivity contribution in [3.8, 4) is 40.6 Å². The molecule has 1 amide bonds. The second-order valence-electron chi connectivity index (χ2n) is 5.49. The van der Waals surface area contributed by atoms with Crippen molar-refractivity contribution in [3.63, 3.8) is 0 Å². The summed E-state index contributed by atoms with van der Waals surface area (Å²) in [5, 5.41) is 2.60. The molecule has 0 radical (unpaired) electrons. The van der Waals surface area contributed by atoms with Gasteiger partial charge in [0, 0.05) is 17.3 Å². The number of methoxy groups -OCH3 is 5. The second-order valence-corrected chi connectivity index (χ2v) is 5.49. The van der Waals surface area contributed by atoms with E-state index < -0.39 is 6.09 Å². The van der Waals surface area contributed by atoms with Gasteiger partial charge in [-0.05, 0) is 24.3 Å². The Morgan fingerprint density at radius 2 is 1.45 bits per heavy atom. The summed E-state index contributed by atoms with van der Waals surface area (Å²) >= 11 is 0. The summed E-state index contributed by atoms with van der Waals surface area (Å²) in [4.78, 5) is 11.9. The number of rotatable bonds is 7. The van der Waals surface area contributed by atoms with Crippen LogP contribution in [0.5, 0.6) is 28.7 Å². The van der Waals surface area contributed by atoms with E-state index in [1.54, 1.807) is 30.3 Å². The van der Waals surface area contributed by atoms with E-state index in [4.69, 9.17) is 28.4 Å². The second kappa shape index (κ2) is 10.6. The zero-order valence-electron chi connectivity index (χ0n) is 17.0. The molecule has 0 unspecified atom stereocenters. The third-order valence-electron chi connectivity index (χ3n) is 3.80. The lowest BCUT2D eigenvalue weighted by atomic mass is 10.2. The standard InChI is InChI=1S/C21H23NO7/c1-24-16-9-8-15(13-17(16)25-2)22-21(23)29-10-6-7-14-11-18(26-3)20(28-5)19(12-14)27-4/h8-9,11-13H,10H2,1-5H3,(H,22,23). The molecule has 0 aliphatic rings. The van der Waals surface area contributed by atoms with Gasteiger partial charge in [0.1, 0.15) is 0 Å². The average Bonchev–Trinajstić information content (AvgIpc) is 2.75. The number of carbonyl (C=O) groups is 1. The highest BCUT2D eigenvalue weighted by molar-refractivity contribution is 5.85. The maximum absolute atomic E-state index is 11.9. The molecule has 0 saturated carbocycles. The molecule has 8 nitrogen and oxygen atoms in total. The predicted octanol–water partition coefficient (Wildman–Crippen LogP) is 3.33. The molecule has 154 valence electrons. The Morgan fingerprint density at radius 3 is 2.00 bits per heavy atom. The molecule has 0 bridgehead atoms. The van der Waals surface area contributed by atoms with Gasteiger partial charge in [0.05, 0.1) is 35.5 Å². The molecule has 0 aliphatic heterocycles. The zero-order chi connectivity index (χ0) is 21.2. The smallest absolute Gasteiger partial charge is 0.412 e. The van der Waals surface area contributed by atoms with Gasteiger partial charge < -0.3 is 28.4 Å². The Labute approximate surface area is 169 Å². The van der Waals surface area contributed by atoms with E-state index >= 15 is 0 Å². The highest BCUT2D eigenvalue weighted by Gasteiger charge is 2.12. The van der Waals surface area contributed by atoms with E-state index in [1.165, 1.54) is 35.5 Å². The lowest BCUT2D eigenvalue weighted by Gasteiger charge is -2.12. The summed E-state index contributed by atoms with van der Waals surface area (Å²) in [5.74, 6) is 8.17. The van der Waals surface area contributed by atoms with E-state index in [0.29, 0.717) is 40.0 Å². The van der Waals surface area contributed by atoms with Gasteiger partial charge in [0.15, 0.2) is 29.6 Å². The van der Waals surface area contributed by atoms with Gasteiger partial charge in [0.2, 0.25) is 5.75 Å². The molecule has 0 fully saturated rings. The average molecular weight is 401 g/mol. The summed E-state index contributed by atoms with van der Waals surface area (Å²) in [6.45, 7) is -0.101. The fourth-order valence-corrected chi connectivity index (χ4v) is 2.46. The number of ether oxygens (including phenoxy) is 6. The third kappa shape index (κ3) is 5.62. The Kier molecular flexibility index (Phi) is 7.86. The molecule has 1 N–H and O–H groups in total. The largest absolute Gasteiger partial charge is 0.493 e. The van der Waals surface area contributed by atoms with Crippen LogP contribution < -0.4 is 29.0 Å². The van der Waals surface area contributed by atoms with Crippen LogP contribution in [0.2, 0.25) is 0 Å². The number of anilines is 1. The highest BCUT2D eigenvalue weighted by Crippen LogP contribution is 2.37. The Balaban J connectivity index is 1.99. The van der Waals surface area contributed by atoms with Gasteiger partial charge in [-0.25, -0.2) is 4.79 Å². The summed E-state index contributed by atoms with van der Waals surface area (Å²) in [6, 6.07) is 8.39. The van der Waals surface area contributed by atoms with E-state index in [9.17, 15) is 4.79 Å². The summed E-state index contributed by atoms with van der Waals surface area (Å²) in [5.41, 5.74) is 1.13. The van der Waals surface area contributed by atoms with Gasteiger partial charge in [-0.15, -0.1) is 0 Å². The van der Waals surface area contributed by atoms with Crippen molar-refractivity contribution in [2.24, 2.45) is 0 Å². The van der Waals surface area contributed by atoms with Crippen molar-refractivity contribution in [1.82, 2.24) is 0 Å². The number of hydrogen-bond donors (Lipinski definition) is 1. The first-order chi connectivity index (χ1) is 14.1. The lowest BCUT2D eigenvalue weighted by Crippen LogP contribution is -2.13. The summed E-state index contributed by atoms with van der Waals surface area (Å²) in [7, 11) is 7.62. The fourth-order valence-electron chi connectivity index (χ4n) is 2.46. The Morgan fingerprint density at radius 1 is 0.828 bits per heavy atom. The number of benzene rings is 2. The van der Waals surface area contributed by atoms with Crippen LogP contribution in [0, 0.1) is 11.8 Å². The van der Waals surface area contributed by atoms with Crippen molar-refractivity contribution < 1.29 is 33.2 Å². The first-order valence-electron chi connectivity index (χ1n) is 8.51. The molecule has 0 heterocycles. The fraction of sp³-hybridized carbons (Fsp3) is 0.286. The number of amides is 1. The molecule has 2 aromatic rings. The minimum absolute atomic E-state index is 0.101. The van der Waals surface area contributed by atoms with Crippen molar-refractivity contribution in [3.05, 3.63) is 35.9 Å². The van der Waals surface area contributed by atoms with Crippen LogP contribution in [0.4, 0.5) is 10.5 Å². The van der Waals surface area contributed by atoms with Gasteiger partial charge >= 0.3 is 6.09 Å². The van der Waals surface area contributed by atoms with Crippen molar-refractivity contribution >= 4 is 11.8 Å². The molecule has 0 aromatic heterocycles. The summed E-state index contributed by atoms with van der Waals surface area (Å²) in [6.07, 6.45) is -0.642. The first kappa shape index (κ1) is 21.6. The molecule has 8 heteroatoms. The van der Waals surface area contributed by atoms with Crippen molar-refractivity contribution in [2.75, 3.05) is 47.5 Å². The van der Waals surface area contributed by atoms with Crippen LogP contribution in [0.25, 0.3) is 0 Å². The van der Waals surface area contributed by atoms with Crippen LogP contribution in [0.15, 0.2) is 30.3 Å². The molecular weight excluding hydrogens is 378 g/mol. The highest BCUT2D eigenvalue weighted by atomic mass is 16.5. The number of carbonyl (C=O) groups excluding carboxylic acids is 1. The number of hydrogen-bond acceptors (Lipinski definition) is 7. The molecule has 2 rings (SSSR count). The van der Waals surface area contributed by atoms with Crippen molar-refractivity contribution in [1.29, 1.82) is 0 Å². The molecule has 0 atom stereocenters. The number of nitrogens with one attached hydrogen (secondary N) is 1. The van der Waals surface area contributed by atoms with E-state index in [0.717, 1.165) is 0 Å². The Hall–Kier alpha value is -3.73. The third-order valence-corrected chi connectivity index (χ3v) is 3.80. The van der Waals surface area contributed by atoms with Gasteiger partial charge in [-0.3, -0.25) is 5.32 Å². The quantitative estimate of drug-likeness (QED) is 0.713. The maximum Gasteiger partial charge on any atom is 0.412 e. The Bertz CT molecular complexity index is 890. The van der Waals surface area contributed by atoms with E-state index in [-0.39, 0.29) is 6.61 Å². The van der Waals surface area contributed by atoms with E-state index in [2.05, 4.69) is 17.2 Å². The van der Waals surface area contributed by atoms with Crippen LogP contribution in [0.3, 0.4) is 0 Å². The van der Waals surface area contributed by atoms with Crippen LogP contribution in [-0.2, 0) is 4.74 Å². The SMILES string of the molecule is COc1ccc(NC(=O)OCC#Cc2cc(OC)c(OC)c(OC)c2)cc1OC. The van der Waals surface area contributed by atoms with Gasteiger partial charge in [0.25, 0.3) is 0 Å². The van der Waals surface area contributed by atoms with Gasteiger partial charge in [-0.2, -0.15) is 0 Å². The zero-order valence-corrected chi connectivity index (χ0v) is 17.0. The molecule has 0 spiro atoms. The maximum atomic E-state index is 11.9. The molecular formula is C21H23NO7. The van der Waals surface area contributed by atoms with Crippen LogP contribution >= 0.6 is 0 Å². The molecule has 29 heavy (non-hydrogen) atoms. The molecule has 0 saturated heterocycles. The minimum atomic E-state index is -0.642. The molecule has 2 aromatic carbocycles. The first-order valence-corrected chi connectivity index (χ1v) is 8.51. The van der Waals surface area contributed by atoms with E-state index in [1.807, 2.05) is 0 Å². The van der Waals surface area contributed by atoms with Crippen LogP contribution in [-0.4, -0.2) is 48.2 Å². The van der Waals surface area contributed by atoms with Crippen LogP contribution in [0.1, 0.15) is 5.56 Å². The molecule has 0 aliphatic carbocycles. The predicted molar refractivity (Wildman–Crippen MR) is 107 cm³/mol. The van der Waals surface area contributed by atoms with Crippen molar-refractivity contribution in [2.45, 2.75) is 0 Å². The van der Waals surface area contributed by atoms with Gasteiger partial charge in [-0.1, -0.05) is 11.8 Å². The minimum Gasteiger partial charge on any atom is -0.493 e. The normalized spacial score (nSPS) is 9.55. The summed E-state index contributed by atoms with van der Waals surface area (Å²) < 4.78 is 31.2. The lowest BCUT2D eigenvalue weighted by molar-refractivity contribution is 0.176. The topological polar surface area (TPSA) is 84.5 Å². The monoisotopic (exact) mass is 401 g/mol.